The van der Waals surface area contributed by atoms with Crippen LogP contribution in [0.25, 0.3) is 0 Å². The van der Waals surface area contributed by atoms with Crippen molar-refractivity contribution in [2.24, 2.45) is 0 Å². The third-order valence-electron chi connectivity index (χ3n) is 0. The number of halogens is 2. The second kappa shape index (κ2) is 22.5. The predicted molar refractivity (Wildman–Crippen MR) is 0 cm³/mol. The molecule has 0 atom stereocenters. The van der Waals surface area contributed by atoms with Crippen molar-refractivity contribution in [2.75, 3.05) is 0 Å². The van der Waals surface area contributed by atoms with Crippen LogP contribution in [-0.2, 0) is 0 Å². The zero-order chi connectivity index (χ0) is 0. The topological polar surface area (TPSA) is 0 Å². The van der Waals surface area contributed by atoms with Gasteiger partial charge in [0.15, 0.2) is 0 Å². The van der Waals surface area contributed by atoms with Crippen LogP contribution in [-0.4, -0.2) is 0 Å². The molecule has 16 valence electrons. The van der Waals surface area contributed by atoms with Crippen LogP contribution >= 0.6 is 0 Å². The zero-order valence-electron chi connectivity index (χ0n) is 3.76. The molecule has 0 heterocycles. The summed E-state index contributed by atoms with van der Waals surface area (Å²) in [5.41, 5.74) is 0. The molecule has 0 aromatic heterocycles. The first-order valence-corrected chi connectivity index (χ1v) is 0. The van der Waals surface area contributed by atoms with Crippen molar-refractivity contribution in [3.8, 4) is 0 Å². The fourth-order valence-corrected chi connectivity index (χ4v) is 0. The van der Waals surface area contributed by atoms with Gasteiger partial charge in [-0.15, -0.1) is 0 Å². The van der Waals surface area contributed by atoms with E-state index >= 15 is 0 Å². The Kier molecular flexibility index (Phi) is 138. The van der Waals surface area contributed by atoms with Crippen LogP contribution in [0.15, 0.2) is 0 Å². The molecule has 0 N–H and O–H groups in total. The van der Waals surface area contributed by atoms with Gasteiger partial charge in [-0.1, -0.05) is 0 Å². The Morgan fingerprint density at radius 2 is 0.600 bits per heavy atom. The van der Waals surface area contributed by atoms with E-state index in [0.29, 0.717) is 0 Å². The molecule has 0 rings (SSSR count). The Labute approximate surface area is 183 Å². The van der Waals surface area contributed by atoms with E-state index < -0.39 is 0 Å². The van der Waals surface area contributed by atoms with Gasteiger partial charge in [0, 0.05) is 0 Å². The maximum atomic E-state index is 0. The molecule has 0 aromatic carbocycles. The summed E-state index contributed by atoms with van der Waals surface area (Å²) in [5, 5.41) is 0. The van der Waals surface area contributed by atoms with E-state index in [0.717, 1.165) is 0 Å². The Hall–Kier alpha value is 5.93. The molecule has 0 aliphatic rings. The molecule has 0 spiro atoms. The second-order valence-corrected chi connectivity index (χ2v) is 0. The number of hydrogen-bond donors (Lipinski definition) is 0. The molecular weight excluding hydrogens is 280 g/mol. The summed E-state index contributed by atoms with van der Waals surface area (Å²) in [4.78, 5) is 0. The Morgan fingerprint density at radius 1 is 0.600 bits per heavy atom. The van der Waals surface area contributed by atoms with Crippen LogP contribution in [0.3, 0.4) is 0 Å². The first-order chi connectivity index (χ1) is 0. The fourth-order valence-electron chi connectivity index (χ4n) is 0. The minimum absolute atomic E-state index is 0. The van der Waals surface area contributed by atoms with E-state index in [1.807, 2.05) is 0 Å². The van der Waals surface area contributed by atoms with Crippen molar-refractivity contribution < 1.29 is 191 Å². The first kappa shape index (κ1) is 30.6. The van der Waals surface area contributed by atoms with Gasteiger partial charge in [-0.3, -0.25) is 0 Å². The van der Waals surface area contributed by atoms with Crippen LogP contribution < -0.4 is 191 Å². The van der Waals surface area contributed by atoms with Crippen LogP contribution in [0, 0.1) is 0 Å². The Morgan fingerprint density at radius 3 is 0.600 bits per heavy atom. The maximum absolute atomic E-state index is 0. The molecule has 5 heavy (non-hydrogen) atoms. The number of rotatable bonds is 0. The van der Waals surface area contributed by atoms with Gasteiger partial charge in [0.2, 0.25) is 0 Å². The minimum atomic E-state index is 0. The molecular formula is ClIK3+. The van der Waals surface area contributed by atoms with Crippen LogP contribution in [0.4, 0.5) is 0 Å². The van der Waals surface area contributed by atoms with E-state index in [1.165, 1.54) is 0 Å². The van der Waals surface area contributed by atoms with Gasteiger partial charge in [0.05, 0.1) is 0 Å². The molecule has 0 aliphatic carbocycles. The average Bonchev–Trinajstić information content (AvgIpc) is 0. The van der Waals surface area contributed by atoms with Crippen molar-refractivity contribution in [3.05, 3.63) is 0 Å². The van der Waals surface area contributed by atoms with Crippen molar-refractivity contribution in [1.82, 2.24) is 0 Å². The molecule has 0 bridgehead atoms. The molecule has 0 unspecified atom stereocenters. The maximum Gasteiger partial charge on any atom is 1.00 e. The SMILES string of the molecule is [Cl-].[I-].[K+].[K+].[K+]. The zero-order valence-corrected chi connectivity index (χ0v) is 16.0. The Bertz CT molecular complexity index is 6.85. The summed E-state index contributed by atoms with van der Waals surface area (Å²) < 4.78 is 0. The van der Waals surface area contributed by atoms with E-state index in [9.17, 15) is 0 Å². The summed E-state index contributed by atoms with van der Waals surface area (Å²) in [6.07, 6.45) is 0. The molecule has 0 radical (unpaired) electrons. The van der Waals surface area contributed by atoms with Crippen molar-refractivity contribution in [3.63, 3.8) is 0 Å². The summed E-state index contributed by atoms with van der Waals surface area (Å²) >= 11 is 0. The molecule has 0 fully saturated rings. The first-order valence-electron chi connectivity index (χ1n) is 0. The van der Waals surface area contributed by atoms with E-state index in [-0.39, 0.29) is 191 Å². The van der Waals surface area contributed by atoms with Gasteiger partial charge in [0.1, 0.15) is 0 Å². The normalized spacial score (nSPS) is 0. The molecule has 5 heteroatoms. The minimum Gasteiger partial charge on any atom is -1.00 e. The molecule has 0 aliphatic heterocycles. The van der Waals surface area contributed by atoms with Crippen molar-refractivity contribution in [2.45, 2.75) is 0 Å². The van der Waals surface area contributed by atoms with Gasteiger partial charge in [-0.2, -0.15) is 0 Å². The third-order valence-corrected chi connectivity index (χ3v) is 0. The van der Waals surface area contributed by atoms with Gasteiger partial charge in [0.25, 0.3) is 0 Å². The standard InChI is InChI=1S/ClH.HI.3K/h2*1H;;;/q;;3*+1/p-2. The van der Waals surface area contributed by atoms with Crippen LogP contribution in [0.5, 0.6) is 0 Å². The fraction of sp³-hybridized carbons (Fsp3) is 0. The van der Waals surface area contributed by atoms with Crippen LogP contribution in [0.1, 0.15) is 0 Å². The molecule has 0 saturated heterocycles. The third kappa shape index (κ3) is 17.8. The van der Waals surface area contributed by atoms with Crippen molar-refractivity contribution in [1.29, 1.82) is 0 Å². The number of hydrogen-bond acceptors (Lipinski definition) is 0. The van der Waals surface area contributed by atoms with Crippen LogP contribution in [0.2, 0.25) is 0 Å². The smallest absolute Gasteiger partial charge is 1.00 e. The summed E-state index contributed by atoms with van der Waals surface area (Å²) in [5.74, 6) is 0. The largest absolute Gasteiger partial charge is 1.00 e. The monoisotopic (exact) mass is 279 g/mol. The average molecular weight is 280 g/mol. The second-order valence-electron chi connectivity index (χ2n) is 0. The summed E-state index contributed by atoms with van der Waals surface area (Å²) in [7, 11) is 0. The molecule has 0 saturated carbocycles. The molecule has 0 amide bonds. The summed E-state index contributed by atoms with van der Waals surface area (Å²) in [6, 6.07) is 0. The van der Waals surface area contributed by atoms with Gasteiger partial charge < -0.3 is 36.4 Å². The van der Waals surface area contributed by atoms with Gasteiger partial charge in [-0.25, -0.2) is 0 Å². The van der Waals surface area contributed by atoms with E-state index in [1.54, 1.807) is 0 Å². The molecule has 0 nitrogen and oxygen atoms in total. The molecule has 0 aromatic rings. The quantitative estimate of drug-likeness (QED) is 0.305. The van der Waals surface area contributed by atoms with Gasteiger partial charge >= 0.3 is 154 Å². The van der Waals surface area contributed by atoms with E-state index in [2.05, 4.69) is 0 Å². The van der Waals surface area contributed by atoms with Gasteiger partial charge in [-0.05, 0) is 0 Å². The summed E-state index contributed by atoms with van der Waals surface area (Å²) in [6.45, 7) is 0. The Balaban J connectivity index is 0. The predicted octanol–water partition coefficient (Wildman–Crippen LogP) is -15.0. The van der Waals surface area contributed by atoms with Crippen molar-refractivity contribution >= 4 is 0 Å². The van der Waals surface area contributed by atoms with E-state index in [4.69, 9.17) is 0 Å².